The summed E-state index contributed by atoms with van der Waals surface area (Å²) in [6.45, 7) is 9.35. The van der Waals surface area contributed by atoms with Crippen molar-refractivity contribution in [1.29, 1.82) is 0 Å². The van der Waals surface area contributed by atoms with Crippen LogP contribution in [0.4, 0.5) is 26.8 Å². The summed E-state index contributed by atoms with van der Waals surface area (Å²) < 4.78 is 42.5. The van der Waals surface area contributed by atoms with Gasteiger partial charge in [-0.25, -0.2) is 32.3 Å². The van der Waals surface area contributed by atoms with Crippen LogP contribution in [0.25, 0.3) is 16.8 Å². The number of carboxylic acid groups (broad SMARTS) is 1. The molecule has 2 amide bonds. The largest absolute Gasteiger partial charge is 0.478 e. The Bertz CT molecular complexity index is 2160. The molecule has 0 radical (unpaired) electrons. The lowest BCUT2D eigenvalue weighted by Gasteiger charge is -2.31. The normalized spacial score (nSPS) is 14.5. The van der Waals surface area contributed by atoms with Crippen molar-refractivity contribution in [3.05, 3.63) is 76.6 Å². The Morgan fingerprint density at radius 3 is 2.23 bits per heavy atom. The van der Waals surface area contributed by atoms with E-state index in [1.165, 1.54) is 44.8 Å². The Kier molecular flexibility index (Phi) is 10.2. The topological polar surface area (TPSA) is 207 Å². The molecule has 18 heteroatoms. The van der Waals surface area contributed by atoms with Gasteiger partial charge in [0.1, 0.15) is 17.0 Å². The van der Waals surface area contributed by atoms with Crippen molar-refractivity contribution in [1.82, 2.24) is 19.5 Å². The van der Waals surface area contributed by atoms with Gasteiger partial charge in [-0.1, -0.05) is 12.1 Å². The summed E-state index contributed by atoms with van der Waals surface area (Å²) in [6.07, 6.45) is 1.63. The molecule has 1 aliphatic heterocycles. The Morgan fingerprint density at radius 2 is 1.58 bits per heavy atom. The van der Waals surface area contributed by atoms with Crippen molar-refractivity contribution in [2.45, 2.75) is 64.1 Å². The highest BCUT2D eigenvalue weighted by atomic mass is 32.2. The molecule has 0 saturated carbocycles. The number of fused-ring (bicyclic) bond motifs is 4. The van der Waals surface area contributed by atoms with E-state index in [9.17, 15) is 38.0 Å². The fraction of sp³-hybridized carbons (Fsp3) is 0.382. The van der Waals surface area contributed by atoms with Crippen LogP contribution in [0.1, 0.15) is 58.3 Å². The van der Waals surface area contributed by atoms with Gasteiger partial charge in [-0.05, 0) is 83.9 Å². The second kappa shape index (κ2) is 14.1. The van der Waals surface area contributed by atoms with Crippen LogP contribution in [-0.2, 0) is 19.5 Å². The molecule has 0 fully saturated rings. The zero-order valence-electron chi connectivity index (χ0n) is 29.5. The molecule has 1 aliphatic rings. The number of benzene rings is 2. The van der Waals surface area contributed by atoms with Gasteiger partial charge in [-0.3, -0.25) is 19.3 Å². The molecule has 0 atom stereocenters. The zero-order chi connectivity index (χ0) is 38.2. The number of ether oxygens (including phenoxy) is 2. The summed E-state index contributed by atoms with van der Waals surface area (Å²) in [4.78, 5) is 57.4. The predicted molar refractivity (Wildman–Crippen MR) is 189 cm³/mol. The molecule has 0 spiro atoms. The molecule has 0 aliphatic carbocycles. The van der Waals surface area contributed by atoms with Gasteiger partial charge >= 0.3 is 18.2 Å². The fourth-order valence-electron chi connectivity index (χ4n) is 5.45. The van der Waals surface area contributed by atoms with E-state index in [-0.39, 0.29) is 54.3 Å². The number of hydrogen-bond acceptors (Lipinski definition) is 11. The van der Waals surface area contributed by atoms with Crippen LogP contribution in [0.2, 0.25) is 0 Å². The van der Waals surface area contributed by atoms with Crippen LogP contribution in [0.5, 0.6) is 0 Å². The summed E-state index contributed by atoms with van der Waals surface area (Å²) in [5.41, 5.74) is -2.26. The third-order valence-corrected chi connectivity index (χ3v) is 9.55. The first-order valence-corrected chi connectivity index (χ1v) is 17.7. The number of aromatic carboxylic acids is 1. The van der Waals surface area contributed by atoms with Crippen molar-refractivity contribution in [2.75, 3.05) is 35.4 Å². The van der Waals surface area contributed by atoms with Crippen molar-refractivity contribution in [3.63, 3.8) is 0 Å². The van der Waals surface area contributed by atoms with Crippen LogP contribution in [0, 0.1) is 10.1 Å². The Balaban J connectivity index is 1.76. The first kappa shape index (κ1) is 37.5. The maximum Gasteiger partial charge on any atom is 0.416 e. The summed E-state index contributed by atoms with van der Waals surface area (Å²) in [6, 6.07) is 10.2. The van der Waals surface area contributed by atoms with Gasteiger partial charge in [0.15, 0.2) is 10.5 Å². The van der Waals surface area contributed by atoms with Crippen LogP contribution in [0.15, 0.2) is 65.8 Å². The number of rotatable bonds is 4. The fourth-order valence-corrected chi connectivity index (χ4v) is 7.05. The van der Waals surface area contributed by atoms with E-state index in [0.717, 1.165) is 22.5 Å². The third kappa shape index (κ3) is 8.22. The van der Waals surface area contributed by atoms with E-state index in [2.05, 4.69) is 5.10 Å². The summed E-state index contributed by atoms with van der Waals surface area (Å²) >= 11 is 0. The number of sulfonamides is 1. The molecule has 4 aromatic rings. The molecule has 52 heavy (non-hydrogen) atoms. The molecule has 0 saturated heterocycles. The number of nitrogens with zero attached hydrogens (tertiary/aromatic N) is 7. The van der Waals surface area contributed by atoms with Gasteiger partial charge < -0.3 is 19.5 Å². The van der Waals surface area contributed by atoms with Crippen LogP contribution >= 0.6 is 0 Å². The average Bonchev–Trinajstić information content (AvgIpc) is 3.47. The number of hydrogen-bond donors (Lipinski definition) is 1. The number of para-hydroxylation sites is 1. The number of amides is 2. The standard InChI is InChI=1S/C34H39N7O10S/c1-33(2,3)50-31(44)37-13-9-14-38(32(45)51-34(4,5)6)28-12-15-39-29(36-28)25(21-35-39)22-18-23(30(42)43)20-24(19-22)40(17-16-37)52(48,49)27-11-8-7-10-26(27)41(46)47/h7-8,10-12,15,18-21H,9,13-14,16-17H2,1-6H3,(H,42,43). The van der Waals surface area contributed by atoms with Gasteiger partial charge in [0.25, 0.3) is 15.7 Å². The van der Waals surface area contributed by atoms with Gasteiger partial charge in [-0.15, -0.1) is 0 Å². The molecule has 17 nitrogen and oxygen atoms in total. The minimum absolute atomic E-state index is 0.00991. The molecular weight excluding hydrogens is 698 g/mol. The number of nitro groups is 1. The predicted octanol–water partition coefficient (Wildman–Crippen LogP) is 5.58. The highest BCUT2D eigenvalue weighted by Gasteiger charge is 2.34. The number of nitro benzene ring substituents is 1. The summed E-state index contributed by atoms with van der Waals surface area (Å²) in [5.74, 6) is -1.21. The number of carbonyl (C=O) groups is 3. The summed E-state index contributed by atoms with van der Waals surface area (Å²) in [7, 11) is -4.79. The van der Waals surface area contributed by atoms with Crippen LogP contribution in [-0.4, -0.2) is 93.5 Å². The second-order valence-electron chi connectivity index (χ2n) is 13.9. The molecule has 5 rings (SSSR count). The van der Waals surface area contributed by atoms with Crippen molar-refractivity contribution in [2.24, 2.45) is 0 Å². The maximum atomic E-state index is 14.5. The van der Waals surface area contributed by atoms with E-state index >= 15 is 0 Å². The minimum atomic E-state index is -4.79. The molecule has 2 aromatic heterocycles. The van der Waals surface area contributed by atoms with E-state index in [1.807, 2.05) is 0 Å². The van der Waals surface area contributed by atoms with Gasteiger partial charge in [0.05, 0.1) is 28.9 Å². The lowest BCUT2D eigenvalue weighted by molar-refractivity contribution is -0.387. The number of carbonyl (C=O) groups excluding carboxylic acids is 2. The van der Waals surface area contributed by atoms with E-state index in [4.69, 9.17) is 14.5 Å². The molecular formula is C34H39N7O10S. The molecule has 4 bridgehead atoms. The smallest absolute Gasteiger partial charge is 0.416 e. The van der Waals surface area contributed by atoms with E-state index in [1.54, 1.807) is 53.8 Å². The van der Waals surface area contributed by atoms with Crippen LogP contribution in [0.3, 0.4) is 0 Å². The Labute approximate surface area is 299 Å². The molecule has 276 valence electrons. The first-order chi connectivity index (χ1) is 24.2. The minimum Gasteiger partial charge on any atom is -0.478 e. The Morgan fingerprint density at radius 1 is 0.904 bits per heavy atom. The molecule has 0 unspecified atom stereocenters. The van der Waals surface area contributed by atoms with E-state index < -0.39 is 61.4 Å². The Hall–Kier alpha value is -5.78. The van der Waals surface area contributed by atoms with Crippen molar-refractivity contribution < 1.29 is 42.3 Å². The lowest BCUT2D eigenvalue weighted by Crippen LogP contribution is -2.45. The highest BCUT2D eigenvalue weighted by molar-refractivity contribution is 7.93. The second-order valence-corrected chi connectivity index (χ2v) is 15.8. The third-order valence-electron chi connectivity index (χ3n) is 7.67. The quantitative estimate of drug-likeness (QED) is 0.201. The lowest BCUT2D eigenvalue weighted by atomic mass is 10.0. The maximum absolute atomic E-state index is 14.5. The first-order valence-electron chi connectivity index (χ1n) is 16.2. The zero-order valence-corrected chi connectivity index (χ0v) is 30.3. The SMILES string of the molecule is CC(C)(C)OC(=O)N1CCCN(C(=O)OC(C)(C)C)c2ccn3ncc(c3n2)-c2cc(C(=O)O)cc(c2)N(S(=O)(=O)c2ccccc2[N+](=O)[O-])CC1. The molecule has 3 heterocycles. The van der Waals surface area contributed by atoms with Crippen molar-refractivity contribution >= 4 is 51.0 Å². The van der Waals surface area contributed by atoms with Gasteiger partial charge in [-0.2, -0.15) is 5.10 Å². The van der Waals surface area contributed by atoms with E-state index in [0.29, 0.717) is 5.56 Å². The van der Waals surface area contributed by atoms with Gasteiger partial charge in [0.2, 0.25) is 0 Å². The molecule has 2 aromatic carbocycles. The molecule has 1 N–H and O–H groups in total. The van der Waals surface area contributed by atoms with Gasteiger partial charge in [0, 0.05) is 37.5 Å². The monoisotopic (exact) mass is 737 g/mol. The average molecular weight is 738 g/mol. The van der Waals surface area contributed by atoms with Crippen molar-refractivity contribution in [3.8, 4) is 11.1 Å². The number of anilines is 2. The number of aromatic nitrogens is 3. The highest BCUT2D eigenvalue weighted by Crippen LogP contribution is 2.35. The summed E-state index contributed by atoms with van der Waals surface area (Å²) in [5, 5.41) is 26.5. The number of carboxylic acids is 1. The van der Waals surface area contributed by atoms with Crippen LogP contribution < -0.4 is 9.21 Å².